The van der Waals surface area contributed by atoms with E-state index in [0.717, 1.165) is 55.7 Å². The number of anilines is 3. The van der Waals surface area contributed by atoms with Gasteiger partial charge in [0.05, 0.1) is 11.1 Å². The average Bonchev–Trinajstić information content (AvgIpc) is 3.97. The number of hydrogen-bond donors (Lipinski definition) is 0. The number of rotatable bonds is 7. The van der Waals surface area contributed by atoms with E-state index in [1.165, 1.54) is 72.3 Å². The Balaban J connectivity index is 1.01. The third-order valence-corrected chi connectivity index (χ3v) is 15.8. The molecule has 2 aliphatic carbocycles. The van der Waals surface area contributed by atoms with Gasteiger partial charge in [-0.3, -0.25) is 0 Å². The average molecular weight is 920 g/mol. The van der Waals surface area contributed by atoms with Gasteiger partial charge in [-0.1, -0.05) is 226 Å². The number of hydrogen-bond acceptors (Lipinski definition) is 2. The first kappa shape index (κ1) is 41.9. The van der Waals surface area contributed by atoms with E-state index < -0.39 is 5.41 Å². The summed E-state index contributed by atoms with van der Waals surface area (Å²) in [4.78, 5) is 2.49. The smallest absolute Gasteiger partial charge is 0.135 e. The summed E-state index contributed by atoms with van der Waals surface area (Å²) in [5.41, 5.74) is 24.3. The summed E-state index contributed by atoms with van der Waals surface area (Å²) in [6.07, 6.45) is 0. The lowest BCUT2D eigenvalue weighted by Gasteiger charge is -2.46. The molecule has 72 heavy (non-hydrogen) atoms. The largest absolute Gasteiger partial charge is 0.456 e. The third kappa shape index (κ3) is 6.22. The van der Waals surface area contributed by atoms with Crippen LogP contribution in [0.3, 0.4) is 0 Å². The number of benzene rings is 11. The molecule has 0 N–H and O–H groups in total. The molecule has 11 aromatic carbocycles. The molecule has 1 spiro atoms. The van der Waals surface area contributed by atoms with Gasteiger partial charge in [0, 0.05) is 33.1 Å². The lowest BCUT2D eigenvalue weighted by Crippen LogP contribution is -2.40. The molecule has 12 aromatic rings. The summed E-state index contributed by atoms with van der Waals surface area (Å²) >= 11 is 0. The van der Waals surface area contributed by atoms with E-state index in [9.17, 15) is 0 Å². The minimum absolute atomic E-state index is 0.172. The van der Waals surface area contributed by atoms with Crippen LogP contribution in [0.1, 0.15) is 47.2 Å². The van der Waals surface area contributed by atoms with Crippen molar-refractivity contribution in [1.29, 1.82) is 0 Å². The first-order chi connectivity index (χ1) is 35.5. The first-order valence-electron chi connectivity index (χ1n) is 25.1. The molecule has 0 amide bonds. The number of para-hydroxylation sites is 2. The Hall–Kier alpha value is -8.98. The van der Waals surface area contributed by atoms with Gasteiger partial charge in [-0.2, -0.15) is 0 Å². The van der Waals surface area contributed by atoms with Gasteiger partial charge in [0.15, 0.2) is 0 Å². The fourth-order valence-corrected chi connectivity index (χ4v) is 12.6. The summed E-state index contributed by atoms with van der Waals surface area (Å²) in [6, 6.07) is 96.2. The van der Waals surface area contributed by atoms with Crippen molar-refractivity contribution in [2.24, 2.45) is 0 Å². The van der Waals surface area contributed by atoms with Crippen LogP contribution in [-0.2, 0) is 10.8 Å². The van der Waals surface area contributed by atoms with E-state index >= 15 is 0 Å². The molecule has 0 unspecified atom stereocenters. The Labute approximate surface area is 420 Å². The van der Waals surface area contributed by atoms with Crippen LogP contribution in [0.5, 0.6) is 0 Å². The van der Waals surface area contributed by atoms with Crippen molar-refractivity contribution >= 4 is 39.0 Å². The second kappa shape index (κ2) is 16.3. The van der Waals surface area contributed by atoms with E-state index in [2.05, 4.69) is 267 Å². The molecule has 2 aliphatic rings. The molecule has 0 fully saturated rings. The molecule has 1 heterocycles. The Bertz CT molecular complexity index is 4050. The lowest BCUT2D eigenvalue weighted by molar-refractivity contribution is 0.563. The molecule has 0 bridgehead atoms. The van der Waals surface area contributed by atoms with E-state index in [-0.39, 0.29) is 5.41 Å². The molecule has 0 radical (unpaired) electrons. The van der Waals surface area contributed by atoms with E-state index in [1.807, 2.05) is 12.1 Å². The number of furan rings is 1. The Kier molecular flexibility index (Phi) is 9.50. The van der Waals surface area contributed by atoms with Gasteiger partial charge >= 0.3 is 0 Å². The van der Waals surface area contributed by atoms with Crippen LogP contribution >= 0.6 is 0 Å². The molecule has 2 heteroatoms. The van der Waals surface area contributed by atoms with Crippen molar-refractivity contribution in [2.75, 3.05) is 4.90 Å². The minimum Gasteiger partial charge on any atom is -0.456 e. The van der Waals surface area contributed by atoms with Crippen LogP contribution in [0, 0.1) is 0 Å². The van der Waals surface area contributed by atoms with Crippen molar-refractivity contribution in [3.05, 3.63) is 294 Å². The molecule has 340 valence electrons. The molecular weight excluding hydrogens is 871 g/mol. The maximum atomic E-state index is 6.29. The molecular formula is C70H49NO. The third-order valence-electron chi connectivity index (χ3n) is 15.8. The molecule has 0 atom stereocenters. The molecule has 14 rings (SSSR count). The maximum Gasteiger partial charge on any atom is 0.135 e. The van der Waals surface area contributed by atoms with Crippen LogP contribution < -0.4 is 4.90 Å². The lowest BCUT2D eigenvalue weighted by atomic mass is 9.55. The quantitative estimate of drug-likeness (QED) is 0.158. The summed E-state index contributed by atoms with van der Waals surface area (Å²) in [6.45, 7) is 4.78. The fourth-order valence-electron chi connectivity index (χ4n) is 12.6. The second-order valence-electron chi connectivity index (χ2n) is 19.9. The maximum absolute atomic E-state index is 6.29. The highest BCUT2D eigenvalue weighted by Crippen LogP contribution is 2.63. The summed E-state index contributed by atoms with van der Waals surface area (Å²) in [5, 5.41) is 2.24. The van der Waals surface area contributed by atoms with Crippen molar-refractivity contribution in [3.63, 3.8) is 0 Å². The summed E-state index contributed by atoms with van der Waals surface area (Å²) in [5.74, 6) is 0. The Morgan fingerprint density at radius 3 is 1.53 bits per heavy atom. The molecule has 2 nitrogen and oxygen atoms in total. The van der Waals surface area contributed by atoms with Crippen molar-refractivity contribution in [3.8, 4) is 55.6 Å². The predicted molar refractivity (Wildman–Crippen MR) is 300 cm³/mol. The highest BCUT2D eigenvalue weighted by Gasteiger charge is 2.53. The minimum atomic E-state index is -0.489. The van der Waals surface area contributed by atoms with Crippen LogP contribution in [0.4, 0.5) is 17.1 Å². The number of fused-ring (bicyclic) bond motifs is 12. The first-order valence-corrected chi connectivity index (χ1v) is 25.1. The van der Waals surface area contributed by atoms with Crippen molar-refractivity contribution in [2.45, 2.75) is 24.7 Å². The fraction of sp³-hybridized carbons (Fsp3) is 0.0571. The van der Waals surface area contributed by atoms with Crippen LogP contribution in [0.2, 0.25) is 0 Å². The topological polar surface area (TPSA) is 16.4 Å². The van der Waals surface area contributed by atoms with Crippen LogP contribution in [0.25, 0.3) is 77.6 Å². The van der Waals surface area contributed by atoms with Crippen LogP contribution in [0.15, 0.2) is 265 Å². The van der Waals surface area contributed by atoms with E-state index in [4.69, 9.17) is 4.42 Å². The molecule has 1 aromatic heterocycles. The van der Waals surface area contributed by atoms with Gasteiger partial charge in [-0.15, -0.1) is 0 Å². The van der Waals surface area contributed by atoms with Crippen molar-refractivity contribution < 1.29 is 4.42 Å². The zero-order valence-electron chi connectivity index (χ0n) is 40.2. The number of nitrogens with zero attached hydrogens (tertiary/aromatic N) is 1. The van der Waals surface area contributed by atoms with Gasteiger partial charge in [0.25, 0.3) is 0 Å². The van der Waals surface area contributed by atoms with Crippen LogP contribution in [-0.4, -0.2) is 0 Å². The monoisotopic (exact) mass is 919 g/mol. The highest BCUT2D eigenvalue weighted by atomic mass is 16.3. The summed E-state index contributed by atoms with van der Waals surface area (Å²) < 4.78 is 6.29. The summed E-state index contributed by atoms with van der Waals surface area (Å²) in [7, 11) is 0. The van der Waals surface area contributed by atoms with Gasteiger partial charge in [0.1, 0.15) is 11.2 Å². The molecule has 0 aliphatic heterocycles. The normalized spacial score (nSPS) is 13.6. The van der Waals surface area contributed by atoms with E-state index in [0.29, 0.717) is 0 Å². The van der Waals surface area contributed by atoms with Gasteiger partial charge in [-0.05, 0) is 132 Å². The predicted octanol–water partition coefficient (Wildman–Crippen LogP) is 18.7. The standard InChI is InChI=1S/C70H49NO/c1-69(2)62-33-14-16-35-64(62)70(65-36-17-15-34-63(65)69)60-32-13-10-29-55(60)58-45-50(40-41-61(58)70)71(49-24-20-23-47(43-49)48-39-42-68-59(44-48)57-31-12-19-38-67(57)72-68)66-37-18-11-30-56(66)54-28-9-8-27-53(54)52-26-7-6-25-51(52)46-21-4-3-5-22-46/h3-45H,1-2H3. The zero-order valence-corrected chi connectivity index (χ0v) is 40.2. The zero-order chi connectivity index (χ0) is 48.0. The Morgan fingerprint density at radius 2 is 0.792 bits per heavy atom. The second-order valence-corrected chi connectivity index (χ2v) is 19.9. The van der Waals surface area contributed by atoms with Crippen molar-refractivity contribution in [1.82, 2.24) is 0 Å². The van der Waals surface area contributed by atoms with Gasteiger partial charge in [0.2, 0.25) is 0 Å². The van der Waals surface area contributed by atoms with Gasteiger partial charge < -0.3 is 9.32 Å². The Morgan fingerprint density at radius 1 is 0.292 bits per heavy atom. The molecule has 0 saturated carbocycles. The molecule has 0 saturated heterocycles. The SMILES string of the molecule is CC1(C)c2ccccc2C2(c3ccccc3-c3cc(N(c4cccc(-c5ccc6oc7ccccc7c6c5)c4)c4ccccc4-c4ccccc4-c4ccccc4-c4ccccc4)ccc32)c2ccccc21. The van der Waals surface area contributed by atoms with E-state index in [1.54, 1.807) is 0 Å². The van der Waals surface area contributed by atoms with Gasteiger partial charge in [-0.25, -0.2) is 0 Å². The highest BCUT2D eigenvalue weighted by molar-refractivity contribution is 6.06.